The van der Waals surface area contributed by atoms with E-state index in [1.54, 1.807) is 13.0 Å². The molecule has 0 amide bonds. The Morgan fingerprint density at radius 1 is 1.26 bits per heavy atom. The van der Waals surface area contributed by atoms with Crippen LogP contribution in [0, 0.1) is 19.7 Å². The van der Waals surface area contributed by atoms with Gasteiger partial charge in [-0.3, -0.25) is 0 Å². The summed E-state index contributed by atoms with van der Waals surface area (Å²) in [5.41, 5.74) is 7.43. The van der Waals surface area contributed by atoms with Crippen molar-refractivity contribution in [2.24, 2.45) is 0 Å². The van der Waals surface area contributed by atoms with Crippen molar-refractivity contribution in [1.29, 1.82) is 0 Å². The normalized spacial score (nSPS) is 10.5. The van der Waals surface area contributed by atoms with Gasteiger partial charge in [-0.2, -0.15) is 0 Å². The quantitative estimate of drug-likeness (QED) is 0.921. The van der Waals surface area contributed by atoms with E-state index in [9.17, 15) is 4.39 Å². The minimum atomic E-state index is -0.271. The topological polar surface area (TPSA) is 55.0 Å². The largest absolute Gasteiger partial charge is 0.383 e. The average Bonchev–Trinajstić information content (AvgIpc) is 2.36. The molecule has 100 valence electrons. The van der Waals surface area contributed by atoms with Gasteiger partial charge in [0.15, 0.2) is 0 Å². The highest BCUT2D eigenvalue weighted by Crippen LogP contribution is 2.28. The van der Waals surface area contributed by atoms with Crippen molar-refractivity contribution in [2.45, 2.75) is 20.8 Å². The molecule has 0 atom stereocenters. The molecule has 0 saturated heterocycles. The second kappa shape index (κ2) is 5.22. The van der Waals surface area contributed by atoms with Gasteiger partial charge in [0.1, 0.15) is 23.3 Å². The molecule has 0 fully saturated rings. The first-order valence-corrected chi connectivity index (χ1v) is 6.16. The van der Waals surface area contributed by atoms with Crippen molar-refractivity contribution in [2.75, 3.05) is 17.2 Å². The highest BCUT2D eigenvalue weighted by Gasteiger charge is 2.15. The molecule has 1 aromatic heterocycles. The molecule has 2 N–H and O–H groups in total. The fourth-order valence-electron chi connectivity index (χ4n) is 2.00. The number of anilines is 3. The second-order valence-corrected chi connectivity index (χ2v) is 4.33. The Balaban J connectivity index is 2.54. The molecule has 4 nitrogen and oxygen atoms in total. The predicted octanol–water partition coefficient (Wildman–Crippen LogP) is 2.97. The fraction of sp³-hybridized carbons (Fsp3) is 0.286. The Morgan fingerprint density at radius 2 is 2.00 bits per heavy atom. The number of rotatable bonds is 3. The van der Waals surface area contributed by atoms with E-state index in [0.29, 0.717) is 18.2 Å². The number of nitrogen functional groups attached to an aromatic ring is 1. The second-order valence-electron chi connectivity index (χ2n) is 4.33. The third-order valence-corrected chi connectivity index (χ3v) is 2.96. The molecule has 0 aliphatic carbocycles. The van der Waals surface area contributed by atoms with Crippen LogP contribution in [0.15, 0.2) is 24.3 Å². The van der Waals surface area contributed by atoms with Gasteiger partial charge in [0, 0.05) is 17.8 Å². The fourth-order valence-corrected chi connectivity index (χ4v) is 2.00. The summed E-state index contributed by atoms with van der Waals surface area (Å²) in [5.74, 6) is 1.51. The molecule has 19 heavy (non-hydrogen) atoms. The van der Waals surface area contributed by atoms with Crippen LogP contribution >= 0.6 is 0 Å². The molecule has 0 saturated carbocycles. The summed E-state index contributed by atoms with van der Waals surface area (Å²) in [6.07, 6.45) is 0. The minimum Gasteiger partial charge on any atom is -0.383 e. The van der Waals surface area contributed by atoms with Crippen LogP contribution in [-0.2, 0) is 0 Å². The number of hydrogen-bond donors (Lipinski definition) is 1. The van der Waals surface area contributed by atoms with Gasteiger partial charge in [0.2, 0.25) is 0 Å². The van der Waals surface area contributed by atoms with E-state index in [4.69, 9.17) is 5.73 Å². The molecule has 2 aromatic rings. The van der Waals surface area contributed by atoms with E-state index < -0.39 is 0 Å². The van der Waals surface area contributed by atoms with E-state index in [1.807, 2.05) is 24.8 Å². The smallest absolute Gasteiger partial charge is 0.141 e. The molecule has 0 radical (unpaired) electrons. The van der Waals surface area contributed by atoms with Crippen LogP contribution in [0.5, 0.6) is 0 Å². The van der Waals surface area contributed by atoms with E-state index in [2.05, 4.69) is 9.97 Å². The molecule has 0 spiro atoms. The van der Waals surface area contributed by atoms with Crippen LogP contribution < -0.4 is 10.6 Å². The molecule has 0 bridgehead atoms. The zero-order valence-corrected chi connectivity index (χ0v) is 11.3. The lowest BCUT2D eigenvalue weighted by Gasteiger charge is -2.24. The van der Waals surface area contributed by atoms with Gasteiger partial charge in [-0.15, -0.1) is 0 Å². The summed E-state index contributed by atoms with van der Waals surface area (Å²) in [4.78, 5) is 10.5. The van der Waals surface area contributed by atoms with Crippen molar-refractivity contribution in [1.82, 2.24) is 9.97 Å². The summed E-state index contributed by atoms with van der Waals surface area (Å²) < 4.78 is 13.4. The molecular weight excluding hydrogens is 243 g/mol. The van der Waals surface area contributed by atoms with Crippen LogP contribution in [0.4, 0.5) is 21.7 Å². The Hall–Kier alpha value is -2.17. The zero-order chi connectivity index (χ0) is 14.0. The van der Waals surface area contributed by atoms with E-state index in [1.165, 1.54) is 12.1 Å². The van der Waals surface area contributed by atoms with Gasteiger partial charge in [0.05, 0.1) is 0 Å². The maximum absolute atomic E-state index is 13.4. The number of aromatic nitrogens is 2. The van der Waals surface area contributed by atoms with Gasteiger partial charge in [-0.1, -0.05) is 6.07 Å². The van der Waals surface area contributed by atoms with Crippen molar-refractivity contribution >= 4 is 17.3 Å². The predicted molar refractivity (Wildman–Crippen MR) is 75.0 cm³/mol. The molecule has 2 rings (SSSR count). The molecule has 0 aliphatic rings. The van der Waals surface area contributed by atoms with Gasteiger partial charge < -0.3 is 10.6 Å². The third kappa shape index (κ3) is 2.65. The maximum Gasteiger partial charge on any atom is 0.141 e. The molecule has 1 aromatic carbocycles. The van der Waals surface area contributed by atoms with Crippen LogP contribution in [0.3, 0.4) is 0 Å². The Kier molecular flexibility index (Phi) is 3.64. The summed E-state index contributed by atoms with van der Waals surface area (Å²) in [7, 11) is 0. The van der Waals surface area contributed by atoms with Crippen molar-refractivity contribution in [3.63, 3.8) is 0 Å². The molecule has 1 heterocycles. The SMILES string of the molecule is CCN(c1cccc(F)c1)c1nc(C)nc(N)c1C. The van der Waals surface area contributed by atoms with Gasteiger partial charge >= 0.3 is 0 Å². The first-order chi connectivity index (χ1) is 9.02. The van der Waals surface area contributed by atoms with Crippen molar-refractivity contribution in [3.05, 3.63) is 41.5 Å². The third-order valence-electron chi connectivity index (χ3n) is 2.96. The van der Waals surface area contributed by atoms with Crippen molar-refractivity contribution in [3.8, 4) is 0 Å². The van der Waals surface area contributed by atoms with Gasteiger partial charge in [-0.25, -0.2) is 14.4 Å². The summed E-state index contributed by atoms with van der Waals surface area (Å²) in [5, 5.41) is 0. The monoisotopic (exact) mass is 260 g/mol. The van der Waals surface area contributed by atoms with E-state index in [0.717, 1.165) is 17.1 Å². The highest BCUT2D eigenvalue weighted by atomic mass is 19.1. The Labute approximate surface area is 112 Å². The van der Waals surface area contributed by atoms with Crippen LogP contribution in [0.2, 0.25) is 0 Å². The molecule has 0 aliphatic heterocycles. The Bertz CT molecular complexity index is 598. The van der Waals surface area contributed by atoms with E-state index >= 15 is 0 Å². The first kappa shape index (κ1) is 13.3. The van der Waals surface area contributed by atoms with Crippen molar-refractivity contribution < 1.29 is 4.39 Å². The van der Waals surface area contributed by atoms with Crippen LogP contribution in [0.25, 0.3) is 0 Å². The molecular formula is C14H17FN4. The summed E-state index contributed by atoms with van der Waals surface area (Å²) in [6, 6.07) is 6.43. The number of aryl methyl sites for hydroxylation is 1. The number of benzene rings is 1. The van der Waals surface area contributed by atoms with Crippen LogP contribution in [-0.4, -0.2) is 16.5 Å². The zero-order valence-electron chi connectivity index (χ0n) is 11.3. The summed E-state index contributed by atoms with van der Waals surface area (Å²) in [6.45, 7) is 6.31. The Morgan fingerprint density at radius 3 is 2.63 bits per heavy atom. The lowest BCUT2D eigenvalue weighted by molar-refractivity contribution is 0.627. The first-order valence-electron chi connectivity index (χ1n) is 6.16. The van der Waals surface area contributed by atoms with Gasteiger partial charge in [-0.05, 0) is 39.0 Å². The van der Waals surface area contributed by atoms with Gasteiger partial charge in [0.25, 0.3) is 0 Å². The number of halogens is 1. The standard InChI is InChI=1S/C14H17FN4/c1-4-19(12-7-5-6-11(15)8-12)14-9(2)13(16)17-10(3)18-14/h5-8H,4H2,1-3H3,(H2,16,17,18). The number of nitrogens with zero attached hydrogens (tertiary/aromatic N) is 3. The average molecular weight is 260 g/mol. The molecule has 5 heteroatoms. The lowest BCUT2D eigenvalue weighted by atomic mass is 10.2. The highest BCUT2D eigenvalue weighted by molar-refractivity contribution is 5.66. The summed E-state index contributed by atoms with van der Waals surface area (Å²) >= 11 is 0. The minimum absolute atomic E-state index is 0.271. The molecule has 0 unspecified atom stereocenters. The maximum atomic E-state index is 13.4. The van der Waals surface area contributed by atoms with E-state index in [-0.39, 0.29) is 5.82 Å². The number of nitrogens with two attached hydrogens (primary N) is 1. The number of hydrogen-bond acceptors (Lipinski definition) is 4. The lowest BCUT2D eigenvalue weighted by Crippen LogP contribution is -2.20. The van der Waals surface area contributed by atoms with Crippen LogP contribution in [0.1, 0.15) is 18.3 Å².